The minimum absolute atomic E-state index is 0.0227. The Labute approximate surface area is 135 Å². The lowest BCUT2D eigenvalue weighted by Gasteiger charge is -2.26. The van der Waals surface area contributed by atoms with Gasteiger partial charge in [0, 0.05) is 13.5 Å². The molecule has 1 aliphatic rings. The predicted octanol–water partition coefficient (Wildman–Crippen LogP) is 1.25. The van der Waals surface area contributed by atoms with E-state index in [0.717, 1.165) is 24.8 Å². The van der Waals surface area contributed by atoms with Crippen LogP contribution in [0.2, 0.25) is 0 Å². The van der Waals surface area contributed by atoms with E-state index in [1.54, 1.807) is 0 Å². The second kappa shape index (κ2) is 8.31. The maximum atomic E-state index is 11.9. The van der Waals surface area contributed by atoms with Crippen LogP contribution in [0.1, 0.15) is 43.4 Å². The molecule has 6 nitrogen and oxygen atoms in total. The maximum Gasteiger partial charge on any atom is 0.308 e. The van der Waals surface area contributed by atoms with Gasteiger partial charge in [-0.1, -0.05) is 24.3 Å². The standard InChI is InChI=1S/C17H22N2O4/c1-12(20)18-10-9-17(22)23-11-16(21)19-15-8-4-6-13-5-2-3-7-14(13)15/h2-3,5,7,15H,4,6,8-11H2,1H3,(H,18,20)(H,19,21)/t15-/m0/s1. The number of rotatable bonds is 6. The van der Waals surface area contributed by atoms with E-state index in [4.69, 9.17) is 4.74 Å². The summed E-state index contributed by atoms with van der Waals surface area (Å²) in [5, 5.41) is 5.42. The van der Waals surface area contributed by atoms with Crippen LogP contribution in [0.5, 0.6) is 0 Å². The van der Waals surface area contributed by atoms with Crippen LogP contribution in [0.25, 0.3) is 0 Å². The molecule has 2 rings (SSSR count). The Morgan fingerprint density at radius 3 is 2.83 bits per heavy atom. The van der Waals surface area contributed by atoms with Crippen molar-refractivity contribution in [3.8, 4) is 0 Å². The van der Waals surface area contributed by atoms with Crippen molar-refractivity contribution in [1.82, 2.24) is 10.6 Å². The number of ether oxygens (including phenoxy) is 1. The summed E-state index contributed by atoms with van der Waals surface area (Å²) >= 11 is 0. The van der Waals surface area contributed by atoms with Crippen LogP contribution in [0.3, 0.4) is 0 Å². The van der Waals surface area contributed by atoms with Crippen LogP contribution < -0.4 is 10.6 Å². The maximum absolute atomic E-state index is 11.9. The number of hydrogen-bond donors (Lipinski definition) is 2. The summed E-state index contributed by atoms with van der Waals surface area (Å²) in [5.74, 6) is -1.01. The van der Waals surface area contributed by atoms with Gasteiger partial charge in [0.2, 0.25) is 5.91 Å². The molecule has 0 bridgehead atoms. The molecule has 0 heterocycles. The molecule has 0 unspecified atom stereocenters. The van der Waals surface area contributed by atoms with E-state index < -0.39 is 5.97 Å². The number of nitrogens with one attached hydrogen (secondary N) is 2. The summed E-state index contributed by atoms with van der Waals surface area (Å²) in [5.41, 5.74) is 2.40. The second-order valence-electron chi connectivity index (χ2n) is 5.60. The van der Waals surface area contributed by atoms with E-state index in [-0.39, 0.29) is 37.4 Å². The smallest absolute Gasteiger partial charge is 0.308 e. The van der Waals surface area contributed by atoms with Crippen LogP contribution in [-0.2, 0) is 25.5 Å². The first-order chi connectivity index (χ1) is 11.1. The van der Waals surface area contributed by atoms with Crippen molar-refractivity contribution in [2.24, 2.45) is 0 Å². The highest BCUT2D eigenvalue weighted by molar-refractivity contribution is 5.81. The molecule has 1 aromatic rings. The molecule has 0 spiro atoms. The molecule has 2 N–H and O–H groups in total. The van der Waals surface area contributed by atoms with Gasteiger partial charge >= 0.3 is 5.97 Å². The number of carbonyl (C=O) groups excluding carboxylic acids is 3. The lowest BCUT2D eigenvalue weighted by atomic mass is 9.88. The molecule has 1 aromatic carbocycles. The first-order valence-electron chi connectivity index (χ1n) is 7.83. The van der Waals surface area contributed by atoms with Gasteiger partial charge in [0.1, 0.15) is 0 Å². The van der Waals surface area contributed by atoms with Crippen LogP contribution >= 0.6 is 0 Å². The Morgan fingerprint density at radius 2 is 2.04 bits per heavy atom. The predicted molar refractivity (Wildman–Crippen MR) is 84.5 cm³/mol. The van der Waals surface area contributed by atoms with Gasteiger partial charge in [-0.25, -0.2) is 0 Å². The number of aryl methyl sites for hydroxylation is 1. The van der Waals surface area contributed by atoms with Gasteiger partial charge in [0.25, 0.3) is 5.91 Å². The molecule has 0 saturated heterocycles. The summed E-state index contributed by atoms with van der Waals surface area (Å²) in [6.07, 6.45) is 3.00. The van der Waals surface area contributed by atoms with E-state index in [9.17, 15) is 14.4 Å². The fourth-order valence-corrected chi connectivity index (χ4v) is 2.70. The van der Waals surface area contributed by atoms with Gasteiger partial charge in [0.15, 0.2) is 6.61 Å². The van der Waals surface area contributed by atoms with Gasteiger partial charge in [-0.15, -0.1) is 0 Å². The zero-order valence-electron chi connectivity index (χ0n) is 13.3. The lowest BCUT2D eigenvalue weighted by molar-refractivity contribution is -0.148. The van der Waals surface area contributed by atoms with E-state index >= 15 is 0 Å². The van der Waals surface area contributed by atoms with Gasteiger partial charge in [-0.05, 0) is 30.4 Å². The Hall–Kier alpha value is -2.37. The van der Waals surface area contributed by atoms with E-state index in [1.807, 2.05) is 18.2 Å². The first-order valence-corrected chi connectivity index (χ1v) is 7.83. The third-order valence-electron chi connectivity index (χ3n) is 3.77. The van der Waals surface area contributed by atoms with Crippen molar-refractivity contribution in [1.29, 1.82) is 0 Å². The summed E-state index contributed by atoms with van der Waals surface area (Å²) < 4.78 is 4.91. The molecule has 23 heavy (non-hydrogen) atoms. The van der Waals surface area contributed by atoms with Crippen LogP contribution in [0.4, 0.5) is 0 Å². The van der Waals surface area contributed by atoms with Gasteiger partial charge in [-0.2, -0.15) is 0 Å². The quantitative estimate of drug-likeness (QED) is 0.773. The zero-order valence-corrected chi connectivity index (χ0v) is 13.3. The molecule has 0 fully saturated rings. The fraction of sp³-hybridized carbons (Fsp3) is 0.471. The van der Waals surface area contributed by atoms with Gasteiger partial charge < -0.3 is 15.4 Å². The second-order valence-corrected chi connectivity index (χ2v) is 5.60. The monoisotopic (exact) mass is 318 g/mol. The number of esters is 1. The Balaban J connectivity index is 1.75. The van der Waals surface area contributed by atoms with Crippen molar-refractivity contribution in [3.05, 3.63) is 35.4 Å². The summed E-state index contributed by atoms with van der Waals surface area (Å²) in [6.45, 7) is 1.30. The lowest BCUT2D eigenvalue weighted by Crippen LogP contribution is -2.34. The minimum atomic E-state index is -0.502. The Kier molecular flexibility index (Phi) is 6.14. The average Bonchev–Trinajstić information content (AvgIpc) is 2.53. The van der Waals surface area contributed by atoms with E-state index in [2.05, 4.69) is 16.7 Å². The minimum Gasteiger partial charge on any atom is -0.456 e. The number of carbonyl (C=O) groups is 3. The van der Waals surface area contributed by atoms with Gasteiger partial charge in [0.05, 0.1) is 12.5 Å². The highest BCUT2D eigenvalue weighted by atomic mass is 16.5. The number of fused-ring (bicyclic) bond motifs is 1. The molecule has 1 atom stereocenters. The molecule has 124 valence electrons. The van der Waals surface area contributed by atoms with Crippen molar-refractivity contribution in [2.75, 3.05) is 13.2 Å². The third kappa shape index (κ3) is 5.39. The Bertz CT molecular complexity index is 586. The molecule has 0 aliphatic heterocycles. The van der Waals surface area contributed by atoms with Gasteiger partial charge in [-0.3, -0.25) is 14.4 Å². The number of hydrogen-bond acceptors (Lipinski definition) is 4. The fourth-order valence-electron chi connectivity index (χ4n) is 2.70. The number of amides is 2. The molecule has 2 amide bonds. The highest BCUT2D eigenvalue weighted by Gasteiger charge is 2.21. The van der Waals surface area contributed by atoms with Crippen molar-refractivity contribution in [2.45, 2.75) is 38.6 Å². The molecule has 6 heteroatoms. The van der Waals surface area contributed by atoms with E-state index in [0.29, 0.717) is 0 Å². The molecule has 1 aliphatic carbocycles. The third-order valence-corrected chi connectivity index (χ3v) is 3.77. The summed E-state index contributed by atoms with van der Waals surface area (Å²) in [4.78, 5) is 34.1. The average molecular weight is 318 g/mol. The molecule has 0 saturated carbocycles. The van der Waals surface area contributed by atoms with Crippen LogP contribution in [0, 0.1) is 0 Å². The van der Waals surface area contributed by atoms with Crippen LogP contribution in [-0.4, -0.2) is 30.9 Å². The molecular formula is C17H22N2O4. The number of benzene rings is 1. The van der Waals surface area contributed by atoms with E-state index in [1.165, 1.54) is 12.5 Å². The normalized spacial score (nSPS) is 16.1. The first kappa shape index (κ1) is 17.0. The molecule has 0 aromatic heterocycles. The zero-order chi connectivity index (χ0) is 16.7. The largest absolute Gasteiger partial charge is 0.456 e. The van der Waals surface area contributed by atoms with Crippen molar-refractivity contribution < 1.29 is 19.1 Å². The molecular weight excluding hydrogens is 296 g/mol. The molecule has 0 radical (unpaired) electrons. The topological polar surface area (TPSA) is 84.5 Å². The highest BCUT2D eigenvalue weighted by Crippen LogP contribution is 2.29. The van der Waals surface area contributed by atoms with Crippen molar-refractivity contribution >= 4 is 17.8 Å². The van der Waals surface area contributed by atoms with Crippen LogP contribution in [0.15, 0.2) is 24.3 Å². The SMILES string of the molecule is CC(=O)NCCC(=O)OCC(=O)N[C@H]1CCCc2ccccc21. The summed E-state index contributed by atoms with van der Waals surface area (Å²) in [7, 11) is 0. The summed E-state index contributed by atoms with van der Waals surface area (Å²) in [6, 6.07) is 8.05. The Morgan fingerprint density at radius 1 is 1.26 bits per heavy atom. The van der Waals surface area contributed by atoms with Crippen molar-refractivity contribution in [3.63, 3.8) is 0 Å².